The van der Waals surface area contributed by atoms with Gasteiger partial charge in [-0.15, -0.1) is 0 Å². The summed E-state index contributed by atoms with van der Waals surface area (Å²) >= 11 is 0. The predicted octanol–water partition coefficient (Wildman–Crippen LogP) is 4.88. The number of halogens is 3. The molecule has 2 aromatic heterocycles. The van der Waals surface area contributed by atoms with Crippen LogP contribution in [0.1, 0.15) is 11.1 Å². The average molecular weight is 397 g/mol. The van der Waals surface area contributed by atoms with Crippen molar-refractivity contribution in [2.75, 3.05) is 17.6 Å². The third-order valence-corrected chi connectivity index (χ3v) is 4.71. The second-order valence-electron chi connectivity index (χ2n) is 6.63. The lowest BCUT2D eigenvalue weighted by Gasteiger charge is -2.13. The molecule has 0 saturated carbocycles. The molecule has 0 spiro atoms. The Morgan fingerprint density at radius 1 is 1.00 bits per heavy atom. The van der Waals surface area contributed by atoms with E-state index >= 15 is 0 Å². The SMILES string of the molecule is Nc1n[nH]c2ccc(-c3ccnc(NCCc4ccccc4C(F)(F)F)c3)cc12. The molecule has 0 aliphatic carbocycles. The van der Waals surface area contributed by atoms with Crippen molar-refractivity contribution in [2.24, 2.45) is 0 Å². The van der Waals surface area contributed by atoms with E-state index in [-0.39, 0.29) is 12.0 Å². The van der Waals surface area contributed by atoms with Crippen LogP contribution in [0.15, 0.2) is 60.8 Å². The van der Waals surface area contributed by atoms with Crippen molar-refractivity contribution in [3.8, 4) is 11.1 Å². The van der Waals surface area contributed by atoms with Crippen LogP contribution in [-0.2, 0) is 12.6 Å². The number of nitrogen functional groups attached to an aromatic ring is 1. The Hall–Kier alpha value is -3.55. The van der Waals surface area contributed by atoms with E-state index in [1.807, 2.05) is 30.3 Å². The van der Waals surface area contributed by atoms with Crippen molar-refractivity contribution < 1.29 is 13.2 Å². The molecule has 0 radical (unpaired) electrons. The van der Waals surface area contributed by atoms with E-state index in [2.05, 4.69) is 20.5 Å². The second kappa shape index (κ2) is 7.46. The maximum Gasteiger partial charge on any atom is 0.416 e. The van der Waals surface area contributed by atoms with E-state index < -0.39 is 11.7 Å². The maximum absolute atomic E-state index is 13.1. The number of hydrogen-bond acceptors (Lipinski definition) is 4. The Bertz CT molecular complexity index is 1150. The van der Waals surface area contributed by atoms with E-state index in [0.29, 0.717) is 18.2 Å². The van der Waals surface area contributed by atoms with Crippen LogP contribution in [-0.4, -0.2) is 21.7 Å². The molecule has 4 rings (SSSR count). The molecule has 0 aliphatic heterocycles. The quantitative estimate of drug-likeness (QED) is 0.448. The van der Waals surface area contributed by atoms with Gasteiger partial charge in [0.25, 0.3) is 0 Å². The van der Waals surface area contributed by atoms with Gasteiger partial charge in [-0.05, 0) is 53.4 Å². The van der Waals surface area contributed by atoms with Gasteiger partial charge in [0, 0.05) is 18.1 Å². The summed E-state index contributed by atoms with van der Waals surface area (Å²) in [5.74, 6) is 1.02. The summed E-state index contributed by atoms with van der Waals surface area (Å²) in [6.07, 6.45) is -2.47. The first-order valence-electron chi connectivity index (χ1n) is 9.01. The largest absolute Gasteiger partial charge is 0.416 e. The van der Waals surface area contributed by atoms with Gasteiger partial charge >= 0.3 is 6.18 Å². The molecule has 148 valence electrons. The molecule has 0 saturated heterocycles. The minimum Gasteiger partial charge on any atom is -0.382 e. The van der Waals surface area contributed by atoms with Crippen molar-refractivity contribution in [1.82, 2.24) is 15.2 Å². The van der Waals surface area contributed by atoms with Crippen LogP contribution >= 0.6 is 0 Å². The van der Waals surface area contributed by atoms with Gasteiger partial charge in [0.1, 0.15) is 5.82 Å². The number of aromatic nitrogens is 3. The standard InChI is InChI=1S/C21H18F3N5/c22-21(23,24)17-4-2-1-3-13(17)7-9-26-19-12-15(8-10-27-19)14-5-6-18-16(11-14)20(25)29-28-18/h1-6,8,10-12H,7,9H2,(H,26,27)(H3,25,28,29). The summed E-state index contributed by atoms with van der Waals surface area (Å²) in [7, 11) is 0. The molecule has 2 heterocycles. The fourth-order valence-corrected chi connectivity index (χ4v) is 3.26. The van der Waals surface area contributed by atoms with E-state index in [1.165, 1.54) is 12.1 Å². The highest BCUT2D eigenvalue weighted by Gasteiger charge is 2.32. The lowest BCUT2D eigenvalue weighted by molar-refractivity contribution is -0.138. The Labute approximate surface area is 164 Å². The number of benzene rings is 2. The lowest BCUT2D eigenvalue weighted by Crippen LogP contribution is -2.12. The molecule has 8 heteroatoms. The van der Waals surface area contributed by atoms with Gasteiger partial charge in [0.15, 0.2) is 5.82 Å². The highest BCUT2D eigenvalue weighted by atomic mass is 19.4. The zero-order valence-electron chi connectivity index (χ0n) is 15.3. The predicted molar refractivity (Wildman–Crippen MR) is 107 cm³/mol. The highest BCUT2D eigenvalue weighted by Crippen LogP contribution is 2.32. The monoisotopic (exact) mass is 397 g/mol. The number of pyridine rings is 1. The Morgan fingerprint density at radius 3 is 2.62 bits per heavy atom. The third kappa shape index (κ3) is 4.01. The van der Waals surface area contributed by atoms with Gasteiger partial charge in [0.05, 0.1) is 11.1 Å². The zero-order chi connectivity index (χ0) is 20.4. The molecule has 0 atom stereocenters. The second-order valence-corrected chi connectivity index (χ2v) is 6.63. The van der Waals surface area contributed by atoms with Crippen LogP contribution in [0.2, 0.25) is 0 Å². The highest BCUT2D eigenvalue weighted by molar-refractivity contribution is 5.92. The number of anilines is 2. The van der Waals surface area contributed by atoms with Gasteiger partial charge in [-0.1, -0.05) is 24.3 Å². The van der Waals surface area contributed by atoms with E-state index in [4.69, 9.17) is 5.73 Å². The molecule has 0 unspecified atom stereocenters. The van der Waals surface area contributed by atoms with E-state index in [1.54, 1.807) is 12.3 Å². The smallest absolute Gasteiger partial charge is 0.382 e. The lowest BCUT2D eigenvalue weighted by atomic mass is 10.0. The van der Waals surface area contributed by atoms with E-state index in [0.717, 1.165) is 28.1 Å². The maximum atomic E-state index is 13.1. The fraction of sp³-hybridized carbons (Fsp3) is 0.143. The van der Waals surface area contributed by atoms with Crippen LogP contribution < -0.4 is 11.1 Å². The molecule has 29 heavy (non-hydrogen) atoms. The molecule has 0 bridgehead atoms. The Kier molecular flexibility index (Phi) is 4.84. The first-order chi connectivity index (χ1) is 13.9. The molecular weight excluding hydrogens is 379 g/mol. The minimum atomic E-state index is -4.36. The molecule has 2 aromatic carbocycles. The zero-order valence-corrected chi connectivity index (χ0v) is 15.3. The van der Waals surface area contributed by atoms with Crippen molar-refractivity contribution in [2.45, 2.75) is 12.6 Å². The number of nitrogens with two attached hydrogens (primary N) is 1. The summed E-state index contributed by atoms with van der Waals surface area (Å²) < 4.78 is 39.3. The summed E-state index contributed by atoms with van der Waals surface area (Å²) in [5.41, 5.74) is 8.23. The van der Waals surface area contributed by atoms with Crippen molar-refractivity contribution in [1.29, 1.82) is 0 Å². The molecule has 0 amide bonds. The summed E-state index contributed by atoms with van der Waals surface area (Å²) in [6, 6.07) is 15.1. The van der Waals surface area contributed by atoms with Crippen LogP contribution in [0.4, 0.5) is 24.8 Å². The first-order valence-corrected chi connectivity index (χ1v) is 9.01. The van der Waals surface area contributed by atoms with Crippen molar-refractivity contribution in [3.63, 3.8) is 0 Å². The normalized spacial score (nSPS) is 11.7. The van der Waals surface area contributed by atoms with Gasteiger partial charge in [-0.25, -0.2) is 4.98 Å². The number of nitrogens with one attached hydrogen (secondary N) is 2. The topological polar surface area (TPSA) is 79.6 Å². The third-order valence-electron chi connectivity index (χ3n) is 4.71. The Balaban J connectivity index is 1.49. The number of alkyl halides is 3. The number of hydrogen-bond donors (Lipinski definition) is 3. The molecular formula is C21H18F3N5. The summed E-state index contributed by atoms with van der Waals surface area (Å²) in [6.45, 7) is 0.331. The first kappa shape index (κ1) is 18.8. The van der Waals surface area contributed by atoms with Crippen LogP contribution in [0.25, 0.3) is 22.0 Å². The summed E-state index contributed by atoms with van der Waals surface area (Å²) in [4.78, 5) is 4.26. The summed E-state index contributed by atoms with van der Waals surface area (Å²) in [5, 5.41) is 10.8. The Morgan fingerprint density at radius 2 is 1.79 bits per heavy atom. The van der Waals surface area contributed by atoms with Gasteiger partial charge in [0.2, 0.25) is 0 Å². The van der Waals surface area contributed by atoms with Crippen LogP contribution in [0, 0.1) is 0 Å². The molecule has 4 aromatic rings. The van der Waals surface area contributed by atoms with Gasteiger partial charge in [-0.2, -0.15) is 18.3 Å². The number of rotatable bonds is 5. The molecule has 0 fully saturated rings. The average Bonchev–Trinajstić information content (AvgIpc) is 3.08. The number of H-pyrrole nitrogens is 1. The van der Waals surface area contributed by atoms with Crippen LogP contribution in [0.5, 0.6) is 0 Å². The number of fused-ring (bicyclic) bond motifs is 1. The fourth-order valence-electron chi connectivity index (χ4n) is 3.26. The van der Waals surface area contributed by atoms with Gasteiger partial charge in [-0.3, -0.25) is 5.10 Å². The molecule has 4 N–H and O–H groups in total. The van der Waals surface area contributed by atoms with Crippen LogP contribution in [0.3, 0.4) is 0 Å². The minimum absolute atomic E-state index is 0.235. The van der Waals surface area contributed by atoms with Crippen molar-refractivity contribution >= 4 is 22.5 Å². The van der Waals surface area contributed by atoms with Gasteiger partial charge < -0.3 is 11.1 Å². The molecule has 5 nitrogen and oxygen atoms in total. The number of aromatic amines is 1. The van der Waals surface area contributed by atoms with Crippen molar-refractivity contribution in [3.05, 3.63) is 71.9 Å². The number of nitrogens with zero attached hydrogens (tertiary/aromatic N) is 2. The molecule has 0 aliphatic rings. The van der Waals surface area contributed by atoms with E-state index in [9.17, 15) is 13.2 Å².